The minimum Gasteiger partial charge on any atom is -0.497 e. The number of hydrogen-bond donors (Lipinski definition) is 0. The van der Waals surface area contributed by atoms with E-state index in [2.05, 4.69) is 88.0 Å². The van der Waals surface area contributed by atoms with Crippen molar-refractivity contribution in [2.24, 2.45) is 0 Å². The Morgan fingerprint density at radius 2 is 1.49 bits per heavy atom. The molecule has 0 saturated carbocycles. The second-order valence-electron chi connectivity index (χ2n) is 10.1. The normalized spacial score (nSPS) is 18.4. The second-order valence-corrected chi connectivity index (χ2v) is 14.4. The maximum Gasteiger partial charge on any atom is 0.261 e. The quantitative estimate of drug-likeness (QED) is 0.289. The summed E-state index contributed by atoms with van der Waals surface area (Å²) in [5.74, 6) is 0.817. The fraction of sp³-hybridized carbons (Fsp3) is 0.333. The minimum atomic E-state index is -2.59. The second kappa shape index (κ2) is 10.9. The van der Waals surface area contributed by atoms with Crippen LogP contribution >= 0.6 is 0 Å². The van der Waals surface area contributed by atoms with Crippen LogP contribution < -0.4 is 15.1 Å². The molecule has 1 aliphatic heterocycles. The molecule has 0 spiro atoms. The zero-order valence-corrected chi connectivity index (χ0v) is 22.2. The lowest BCUT2D eigenvalue weighted by Gasteiger charge is -2.43. The first kappa shape index (κ1) is 25.4. The summed E-state index contributed by atoms with van der Waals surface area (Å²) in [6.45, 7) is 12.2. The summed E-state index contributed by atoms with van der Waals surface area (Å²) < 4.78 is 24.4. The van der Waals surface area contributed by atoms with Gasteiger partial charge in [-0.05, 0) is 34.0 Å². The lowest BCUT2D eigenvalue weighted by atomic mass is 10.1. The van der Waals surface area contributed by atoms with Crippen LogP contribution in [0, 0.1) is 0 Å². The lowest BCUT2D eigenvalue weighted by Crippen LogP contribution is -2.66. The third-order valence-electron chi connectivity index (χ3n) is 6.56. The topological polar surface area (TPSA) is 36.9 Å². The van der Waals surface area contributed by atoms with Crippen molar-refractivity contribution < 1.29 is 18.6 Å². The van der Waals surface area contributed by atoms with Crippen LogP contribution in [-0.2, 0) is 13.9 Å². The third kappa shape index (κ3) is 5.59. The Kier molecular flexibility index (Phi) is 7.92. The van der Waals surface area contributed by atoms with E-state index in [1.807, 2.05) is 24.3 Å². The number of benzene rings is 3. The zero-order chi connectivity index (χ0) is 24.9. The van der Waals surface area contributed by atoms with E-state index in [9.17, 15) is 0 Å². The summed E-state index contributed by atoms with van der Waals surface area (Å²) in [4.78, 5) is 0. The first-order valence-corrected chi connectivity index (χ1v) is 14.1. The van der Waals surface area contributed by atoms with Gasteiger partial charge in [0.1, 0.15) is 5.75 Å². The van der Waals surface area contributed by atoms with E-state index in [0.717, 1.165) is 16.9 Å². The molecule has 0 N–H and O–H groups in total. The van der Waals surface area contributed by atoms with Gasteiger partial charge < -0.3 is 18.6 Å². The number of ether oxygens (including phenoxy) is 3. The van der Waals surface area contributed by atoms with E-state index in [-0.39, 0.29) is 17.4 Å². The number of rotatable bonds is 9. The van der Waals surface area contributed by atoms with Crippen molar-refractivity contribution in [2.45, 2.75) is 44.6 Å². The van der Waals surface area contributed by atoms with Gasteiger partial charge in [0, 0.05) is 5.56 Å². The summed E-state index contributed by atoms with van der Waals surface area (Å²) in [5, 5.41) is 2.47. The Balaban J connectivity index is 1.47. The predicted molar refractivity (Wildman–Crippen MR) is 144 cm³/mol. The van der Waals surface area contributed by atoms with Gasteiger partial charge >= 0.3 is 0 Å². The predicted octanol–water partition coefficient (Wildman–Crippen LogP) is 5.63. The first-order chi connectivity index (χ1) is 16.8. The molecule has 0 aromatic heterocycles. The molecular formula is C30H36O4Si. The maximum absolute atomic E-state index is 7.00. The lowest BCUT2D eigenvalue weighted by molar-refractivity contribution is -0.0600. The summed E-state index contributed by atoms with van der Waals surface area (Å²) in [5.41, 5.74) is 2.00. The monoisotopic (exact) mass is 488 g/mol. The summed E-state index contributed by atoms with van der Waals surface area (Å²) >= 11 is 0. The van der Waals surface area contributed by atoms with Gasteiger partial charge in [-0.3, -0.25) is 0 Å². The Bertz CT molecular complexity index is 1050. The van der Waals surface area contributed by atoms with E-state index >= 15 is 0 Å². The average Bonchev–Trinajstić information content (AvgIpc) is 3.33. The van der Waals surface area contributed by atoms with Gasteiger partial charge in [0.15, 0.2) is 6.29 Å². The van der Waals surface area contributed by atoms with E-state index < -0.39 is 8.32 Å². The van der Waals surface area contributed by atoms with Crippen LogP contribution in [0.1, 0.15) is 39.0 Å². The molecule has 0 bridgehead atoms. The van der Waals surface area contributed by atoms with Gasteiger partial charge in [-0.15, -0.1) is 0 Å². The number of hydrogen-bond acceptors (Lipinski definition) is 4. The highest BCUT2D eigenvalue weighted by atomic mass is 28.4. The Labute approximate surface area is 210 Å². The van der Waals surface area contributed by atoms with Crippen LogP contribution in [0.15, 0.2) is 97.1 Å². The largest absolute Gasteiger partial charge is 0.497 e. The molecule has 4 rings (SSSR count). The van der Waals surface area contributed by atoms with Crippen molar-refractivity contribution >= 4 is 18.7 Å². The summed E-state index contributed by atoms with van der Waals surface area (Å²) in [6.07, 6.45) is 0.291. The van der Waals surface area contributed by atoms with Crippen molar-refractivity contribution in [1.29, 1.82) is 0 Å². The minimum absolute atomic E-state index is 0.0441. The van der Waals surface area contributed by atoms with Gasteiger partial charge in [-0.2, -0.15) is 0 Å². The average molecular weight is 489 g/mol. The van der Waals surface area contributed by atoms with E-state index in [1.165, 1.54) is 10.4 Å². The molecule has 1 heterocycles. The van der Waals surface area contributed by atoms with E-state index in [1.54, 1.807) is 7.11 Å². The molecule has 2 atom stereocenters. The molecule has 5 heteroatoms. The third-order valence-corrected chi connectivity index (χ3v) is 11.5. The standard InChI is InChI=1S/C30H36O4Si/c1-23(20-26-22-32-29(34-26)24-16-18-25(31-5)19-17-24)21-33-35(30(2,3)4,27-12-8-6-9-13-27)28-14-10-7-11-15-28/h6-19,26,29H,1,20-22H2,2-5H3/t26-,29?/m0/s1. The molecular weight excluding hydrogens is 452 g/mol. The zero-order valence-electron chi connectivity index (χ0n) is 21.2. The van der Waals surface area contributed by atoms with Gasteiger partial charge in [0.05, 0.1) is 26.4 Å². The van der Waals surface area contributed by atoms with Crippen LogP contribution in [0.4, 0.5) is 0 Å². The molecule has 1 saturated heterocycles. The maximum atomic E-state index is 7.00. The molecule has 0 amide bonds. The highest BCUT2D eigenvalue weighted by molar-refractivity contribution is 6.99. The highest BCUT2D eigenvalue weighted by Gasteiger charge is 2.50. The number of methoxy groups -OCH3 is 1. The molecule has 0 aliphatic carbocycles. The van der Waals surface area contributed by atoms with Gasteiger partial charge in [-0.25, -0.2) is 0 Å². The van der Waals surface area contributed by atoms with Gasteiger partial charge in [0.2, 0.25) is 0 Å². The fourth-order valence-corrected chi connectivity index (χ4v) is 9.42. The Morgan fingerprint density at radius 1 is 0.914 bits per heavy atom. The Morgan fingerprint density at radius 3 is 2.00 bits per heavy atom. The Hall–Kier alpha value is -2.70. The highest BCUT2D eigenvalue weighted by Crippen LogP contribution is 2.37. The van der Waals surface area contributed by atoms with Crippen molar-refractivity contribution in [1.82, 2.24) is 0 Å². The molecule has 1 aliphatic rings. The van der Waals surface area contributed by atoms with Crippen LogP contribution in [0.3, 0.4) is 0 Å². The summed E-state index contributed by atoms with van der Waals surface area (Å²) in [7, 11) is -0.927. The van der Waals surface area contributed by atoms with Crippen LogP contribution in [-0.4, -0.2) is 34.7 Å². The van der Waals surface area contributed by atoms with E-state index in [0.29, 0.717) is 19.6 Å². The van der Waals surface area contributed by atoms with Gasteiger partial charge in [0.25, 0.3) is 8.32 Å². The van der Waals surface area contributed by atoms with Crippen molar-refractivity contribution in [3.05, 3.63) is 103 Å². The van der Waals surface area contributed by atoms with Gasteiger partial charge in [-0.1, -0.05) is 106 Å². The fourth-order valence-electron chi connectivity index (χ4n) is 4.84. The van der Waals surface area contributed by atoms with Crippen LogP contribution in [0.25, 0.3) is 0 Å². The van der Waals surface area contributed by atoms with E-state index in [4.69, 9.17) is 18.6 Å². The van der Waals surface area contributed by atoms with Crippen LogP contribution in [0.2, 0.25) is 5.04 Å². The molecule has 3 aromatic rings. The SMILES string of the molecule is C=C(CO[Si](c1ccccc1)(c1ccccc1)C(C)(C)C)C[C@H]1COC(c2ccc(OC)cc2)O1. The molecule has 184 valence electrons. The van der Waals surface area contributed by atoms with Crippen LogP contribution in [0.5, 0.6) is 5.75 Å². The molecule has 4 nitrogen and oxygen atoms in total. The molecule has 1 unspecified atom stereocenters. The summed E-state index contributed by atoms with van der Waals surface area (Å²) in [6, 6.07) is 29.2. The molecule has 1 fully saturated rings. The molecule has 3 aromatic carbocycles. The van der Waals surface area contributed by atoms with Crippen molar-refractivity contribution in [2.75, 3.05) is 20.3 Å². The molecule has 0 radical (unpaired) electrons. The first-order valence-electron chi connectivity index (χ1n) is 12.2. The molecule has 35 heavy (non-hydrogen) atoms. The van der Waals surface area contributed by atoms with Crippen molar-refractivity contribution in [3.8, 4) is 5.75 Å². The van der Waals surface area contributed by atoms with Crippen molar-refractivity contribution in [3.63, 3.8) is 0 Å². The smallest absolute Gasteiger partial charge is 0.261 e.